The van der Waals surface area contributed by atoms with E-state index in [2.05, 4.69) is 18.2 Å². The Morgan fingerprint density at radius 1 is 1.04 bits per heavy atom. The second kappa shape index (κ2) is 8.01. The monoisotopic (exact) mass is 384 g/mol. The maximum Gasteiger partial charge on any atom is 0.264 e. The Morgan fingerprint density at radius 2 is 1.78 bits per heavy atom. The molecule has 144 valence electrons. The Bertz CT molecular complexity index is 838. The van der Waals surface area contributed by atoms with Crippen molar-refractivity contribution in [3.8, 4) is 0 Å². The molecular formula is C22H28N2O2S. The molecule has 27 heavy (non-hydrogen) atoms. The van der Waals surface area contributed by atoms with Crippen molar-refractivity contribution in [1.82, 2.24) is 9.80 Å². The summed E-state index contributed by atoms with van der Waals surface area (Å²) >= 11 is 1.63. The molecule has 1 atom stereocenters. The van der Waals surface area contributed by atoms with Gasteiger partial charge in [0.05, 0.1) is 4.88 Å². The highest BCUT2D eigenvalue weighted by Gasteiger charge is 2.29. The summed E-state index contributed by atoms with van der Waals surface area (Å²) in [7, 11) is 0. The van der Waals surface area contributed by atoms with E-state index in [4.69, 9.17) is 0 Å². The van der Waals surface area contributed by atoms with Crippen molar-refractivity contribution in [2.45, 2.75) is 57.9 Å². The van der Waals surface area contributed by atoms with Crippen LogP contribution in [0.15, 0.2) is 24.3 Å². The van der Waals surface area contributed by atoms with Crippen molar-refractivity contribution in [3.63, 3.8) is 0 Å². The molecule has 2 aromatic rings. The molecule has 1 aromatic heterocycles. The van der Waals surface area contributed by atoms with Gasteiger partial charge in [0.2, 0.25) is 5.91 Å². The lowest BCUT2D eigenvalue weighted by Gasteiger charge is -2.29. The van der Waals surface area contributed by atoms with Crippen LogP contribution >= 0.6 is 11.3 Å². The third-order valence-electron chi connectivity index (χ3n) is 6.01. The van der Waals surface area contributed by atoms with Gasteiger partial charge in [-0.1, -0.05) is 31.0 Å². The van der Waals surface area contributed by atoms with E-state index in [0.717, 1.165) is 68.6 Å². The van der Waals surface area contributed by atoms with E-state index in [0.29, 0.717) is 0 Å². The number of carbonyl (C=O) groups excluding carboxylic acids is 2. The highest BCUT2D eigenvalue weighted by atomic mass is 32.1. The summed E-state index contributed by atoms with van der Waals surface area (Å²) in [5.74, 6) is 0.348. The average Bonchev–Trinajstić information content (AvgIpc) is 3.25. The van der Waals surface area contributed by atoms with Gasteiger partial charge >= 0.3 is 0 Å². The number of carbonyl (C=O) groups is 2. The van der Waals surface area contributed by atoms with Crippen LogP contribution in [-0.4, -0.2) is 47.3 Å². The minimum Gasteiger partial charge on any atom is -0.340 e. The number of rotatable bonds is 3. The van der Waals surface area contributed by atoms with E-state index < -0.39 is 0 Å². The number of benzene rings is 1. The molecular weight excluding hydrogens is 356 g/mol. The van der Waals surface area contributed by atoms with Crippen LogP contribution in [0, 0.1) is 0 Å². The largest absolute Gasteiger partial charge is 0.340 e. The third kappa shape index (κ3) is 3.75. The highest BCUT2D eigenvalue weighted by Crippen LogP contribution is 2.35. The second-order valence-corrected chi connectivity index (χ2v) is 8.88. The number of likely N-dealkylation sites (tertiary alicyclic amines) is 2. The quantitative estimate of drug-likeness (QED) is 0.783. The number of thiophene rings is 1. The fourth-order valence-corrected chi connectivity index (χ4v) is 5.78. The third-order valence-corrected chi connectivity index (χ3v) is 7.21. The Labute approximate surface area is 165 Å². The van der Waals surface area contributed by atoms with Gasteiger partial charge in [-0.2, -0.15) is 0 Å². The molecule has 0 bridgehead atoms. The zero-order chi connectivity index (χ0) is 18.8. The van der Waals surface area contributed by atoms with Crippen molar-refractivity contribution in [2.75, 3.05) is 19.6 Å². The summed E-state index contributed by atoms with van der Waals surface area (Å²) < 4.78 is 1.18. The van der Waals surface area contributed by atoms with E-state index in [9.17, 15) is 9.59 Å². The molecule has 2 aliphatic heterocycles. The number of fused-ring (bicyclic) bond motifs is 1. The Hall–Kier alpha value is -1.88. The van der Waals surface area contributed by atoms with E-state index in [-0.39, 0.29) is 17.9 Å². The van der Waals surface area contributed by atoms with E-state index in [1.54, 1.807) is 18.3 Å². The molecule has 3 heterocycles. The molecule has 2 fully saturated rings. The van der Waals surface area contributed by atoms with Crippen molar-refractivity contribution >= 4 is 33.2 Å². The predicted molar refractivity (Wildman–Crippen MR) is 110 cm³/mol. The molecule has 0 saturated carbocycles. The smallest absolute Gasteiger partial charge is 0.264 e. The minimum absolute atomic E-state index is 0.161. The molecule has 0 unspecified atom stereocenters. The Balaban J connectivity index is 1.71. The van der Waals surface area contributed by atoms with Gasteiger partial charge < -0.3 is 9.80 Å². The summed E-state index contributed by atoms with van der Waals surface area (Å²) in [6.07, 6.45) is 7.45. The van der Waals surface area contributed by atoms with Crippen LogP contribution in [0.5, 0.6) is 0 Å². The van der Waals surface area contributed by atoms with Crippen molar-refractivity contribution in [1.29, 1.82) is 0 Å². The van der Waals surface area contributed by atoms with Crippen molar-refractivity contribution < 1.29 is 9.59 Å². The molecule has 2 amide bonds. The van der Waals surface area contributed by atoms with Crippen LogP contribution in [0.1, 0.15) is 60.7 Å². The first-order valence-electron chi connectivity index (χ1n) is 10.2. The second-order valence-electron chi connectivity index (χ2n) is 7.82. The molecule has 1 aromatic carbocycles. The van der Waals surface area contributed by atoms with Gasteiger partial charge in [0, 0.05) is 37.3 Å². The topological polar surface area (TPSA) is 40.6 Å². The van der Waals surface area contributed by atoms with Crippen LogP contribution in [0.2, 0.25) is 0 Å². The summed E-state index contributed by atoms with van der Waals surface area (Å²) in [6, 6.07) is 8.54. The maximum atomic E-state index is 13.2. The van der Waals surface area contributed by atoms with Gasteiger partial charge in [-0.05, 0) is 49.1 Å². The summed E-state index contributed by atoms with van der Waals surface area (Å²) in [5.41, 5.74) is 1.16. The SMILES string of the molecule is CC(=O)N1CCCCC[C@@H]1Cc1c(C(=O)N2CCCC2)sc2ccccc12. The first-order valence-corrected chi connectivity index (χ1v) is 11.0. The lowest BCUT2D eigenvalue weighted by Crippen LogP contribution is -2.40. The zero-order valence-electron chi connectivity index (χ0n) is 16.1. The summed E-state index contributed by atoms with van der Waals surface area (Å²) in [6.45, 7) is 4.27. The maximum absolute atomic E-state index is 13.2. The molecule has 0 aliphatic carbocycles. The Morgan fingerprint density at radius 3 is 2.56 bits per heavy atom. The van der Waals surface area contributed by atoms with Crippen LogP contribution < -0.4 is 0 Å². The average molecular weight is 385 g/mol. The van der Waals surface area contributed by atoms with Gasteiger partial charge in [0.25, 0.3) is 5.91 Å². The number of hydrogen-bond acceptors (Lipinski definition) is 3. The molecule has 4 nitrogen and oxygen atoms in total. The van der Waals surface area contributed by atoms with E-state index in [1.807, 2.05) is 15.9 Å². The number of nitrogens with zero attached hydrogens (tertiary/aromatic N) is 2. The van der Waals surface area contributed by atoms with Crippen LogP contribution in [0.25, 0.3) is 10.1 Å². The van der Waals surface area contributed by atoms with Gasteiger partial charge in [-0.15, -0.1) is 11.3 Å². The molecule has 2 saturated heterocycles. The predicted octanol–water partition coefficient (Wildman–Crippen LogP) is 4.47. The molecule has 0 radical (unpaired) electrons. The van der Waals surface area contributed by atoms with Crippen LogP contribution in [-0.2, 0) is 11.2 Å². The molecule has 0 N–H and O–H groups in total. The van der Waals surface area contributed by atoms with Gasteiger partial charge in [-0.25, -0.2) is 0 Å². The molecule has 0 spiro atoms. The van der Waals surface area contributed by atoms with Gasteiger partial charge in [0.15, 0.2) is 0 Å². The number of hydrogen-bond donors (Lipinski definition) is 0. The normalized spacial score (nSPS) is 20.9. The molecule has 4 rings (SSSR count). The first-order chi connectivity index (χ1) is 13.1. The standard InChI is InChI=1S/C22H28N2O2S/c1-16(25)24-14-6-2-3-9-17(24)15-19-18-10-4-5-11-20(18)27-21(19)22(26)23-12-7-8-13-23/h4-5,10-11,17H,2-3,6-9,12-15H2,1H3/t17-/m1/s1. The molecule has 2 aliphatic rings. The lowest BCUT2D eigenvalue weighted by atomic mass is 9.97. The summed E-state index contributed by atoms with van der Waals surface area (Å²) in [4.78, 5) is 30.4. The molecule has 5 heteroatoms. The fourth-order valence-electron chi connectivity index (χ4n) is 4.58. The first kappa shape index (κ1) is 18.5. The van der Waals surface area contributed by atoms with E-state index in [1.165, 1.54) is 16.5 Å². The highest BCUT2D eigenvalue weighted by molar-refractivity contribution is 7.21. The zero-order valence-corrected chi connectivity index (χ0v) is 16.9. The minimum atomic E-state index is 0.161. The fraction of sp³-hybridized carbons (Fsp3) is 0.545. The number of amides is 2. The van der Waals surface area contributed by atoms with Crippen molar-refractivity contribution in [2.24, 2.45) is 0 Å². The van der Waals surface area contributed by atoms with Crippen molar-refractivity contribution in [3.05, 3.63) is 34.7 Å². The van der Waals surface area contributed by atoms with Crippen LogP contribution in [0.3, 0.4) is 0 Å². The lowest BCUT2D eigenvalue weighted by molar-refractivity contribution is -0.131. The summed E-state index contributed by atoms with van der Waals surface area (Å²) in [5, 5.41) is 1.19. The van der Waals surface area contributed by atoms with Crippen LogP contribution in [0.4, 0.5) is 0 Å². The van der Waals surface area contributed by atoms with Gasteiger partial charge in [-0.3, -0.25) is 9.59 Å². The van der Waals surface area contributed by atoms with Gasteiger partial charge in [0.1, 0.15) is 0 Å². The van der Waals surface area contributed by atoms with E-state index >= 15 is 0 Å². The Kier molecular flexibility index (Phi) is 5.48.